The number of methoxy groups -OCH3 is 1. The molecule has 0 aromatic rings. The highest BCUT2D eigenvalue weighted by Crippen LogP contribution is 2.38. The number of amides is 2. The predicted molar refractivity (Wildman–Crippen MR) is 84.5 cm³/mol. The Kier molecular flexibility index (Phi) is 5.81. The second kappa shape index (κ2) is 7.42. The molecular formula is C16H29N3O3. The number of piperidine rings is 2. The SMILES string of the molecule is COCCN1C[C@@]2(CCCN(CC(=O)N(C)C)C2)CCC1=O. The largest absolute Gasteiger partial charge is 0.383 e. The Morgan fingerprint density at radius 2 is 2.09 bits per heavy atom. The quantitative estimate of drug-likeness (QED) is 0.739. The van der Waals surface area contributed by atoms with E-state index in [2.05, 4.69) is 4.90 Å². The Hall–Kier alpha value is -1.14. The zero-order chi connectivity index (χ0) is 16.2. The van der Waals surface area contributed by atoms with Gasteiger partial charge in [-0.3, -0.25) is 14.5 Å². The summed E-state index contributed by atoms with van der Waals surface area (Å²) in [5, 5.41) is 0. The number of rotatable bonds is 5. The fraction of sp³-hybridized carbons (Fsp3) is 0.875. The van der Waals surface area contributed by atoms with E-state index in [9.17, 15) is 9.59 Å². The predicted octanol–water partition coefficient (Wildman–Crippen LogP) is 0.426. The monoisotopic (exact) mass is 311 g/mol. The molecule has 2 aliphatic rings. The van der Waals surface area contributed by atoms with E-state index in [4.69, 9.17) is 4.74 Å². The molecule has 126 valence electrons. The van der Waals surface area contributed by atoms with Crippen LogP contribution in [0, 0.1) is 5.41 Å². The van der Waals surface area contributed by atoms with Gasteiger partial charge in [-0.05, 0) is 25.8 Å². The van der Waals surface area contributed by atoms with Crippen LogP contribution in [0.4, 0.5) is 0 Å². The van der Waals surface area contributed by atoms with Gasteiger partial charge in [0, 0.05) is 52.7 Å². The van der Waals surface area contributed by atoms with E-state index < -0.39 is 0 Å². The molecule has 0 bridgehead atoms. The molecular weight excluding hydrogens is 282 g/mol. The summed E-state index contributed by atoms with van der Waals surface area (Å²) < 4.78 is 5.11. The Balaban J connectivity index is 1.97. The third kappa shape index (κ3) is 4.20. The molecule has 0 aromatic heterocycles. The van der Waals surface area contributed by atoms with Crippen LogP contribution < -0.4 is 0 Å². The van der Waals surface area contributed by atoms with Crippen molar-refractivity contribution in [1.29, 1.82) is 0 Å². The van der Waals surface area contributed by atoms with Crippen molar-refractivity contribution in [2.75, 3.05) is 60.5 Å². The number of hydrogen-bond acceptors (Lipinski definition) is 4. The zero-order valence-corrected chi connectivity index (χ0v) is 14.1. The third-order valence-electron chi connectivity index (χ3n) is 4.91. The van der Waals surface area contributed by atoms with Gasteiger partial charge < -0.3 is 14.5 Å². The Bertz CT molecular complexity index is 413. The van der Waals surface area contributed by atoms with Crippen LogP contribution in [-0.2, 0) is 14.3 Å². The summed E-state index contributed by atoms with van der Waals surface area (Å²) in [6.45, 7) is 4.46. The minimum atomic E-state index is 0.153. The second-order valence-corrected chi connectivity index (χ2v) is 6.91. The highest BCUT2D eigenvalue weighted by Gasteiger charge is 2.41. The Labute approximate surface area is 133 Å². The van der Waals surface area contributed by atoms with Gasteiger partial charge in [-0.15, -0.1) is 0 Å². The van der Waals surface area contributed by atoms with Gasteiger partial charge in [0.2, 0.25) is 11.8 Å². The van der Waals surface area contributed by atoms with Crippen LogP contribution in [0.5, 0.6) is 0 Å². The summed E-state index contributed by atoms with van der Waals surface area (Å²) in [5.74, 6) is 0.393. The maximum atomic E-state index is 12.1. The van der Waals surface area contributed by atoms with Gasteiger partial charge in [-0.2, -0.15) is 0 Å². The molecule has 2 fully saturated rings. The van der Waals surface area contributed by atoms with Crippen molar-refractivity contribution in [1.82, 2.24) is 14.7 Å². The average molecular weight is 311 g/mol. The van der Waals surface area contributed by atoms with Crippen LogP contribution in [0.25, 0.3) is 0 Å². The molecule has 2 heterocycles. The van der Waals surface area contributed by atoms with Gasteiger partial charge in [0.05, 0.1) is 13.2 Å². The first-order chi connectivity index (χ1) is 10.5. The molecule has 2 aliphatic heterocycles. The molecule has 6 heteroatoms. The fourth-order valence-electron chi connectivity index (χ4n) is 3.62. The standard InChI is InChI=1S/C16H29N3O3/c1-17(2)15(21)11-18-8-4-6-16(12-18)7-5-14(20)19(13-16)9-10-22-3/h4-13H2,1-3H3/t16-/m0/s1. The molecule has 0 aliphatic carbocycles. The molecule has 6 nitrogen and oxygen atoms in total. The van der Waals surface area contributed by atoms with Crippen LogP contribution >= 0.6 is 0 Å². The van der Waals surface area contributed by atoms with Crippen molar-refractivity contribution in [2.45, 2.75) is 25.7 Å². The van der Waals surface area contributed by atoms with Gasteiger partial charge in [0.1, 0.15) is 0 Å². The van der Waals surface area contributed by atoms with E-state index in [1.165, 1.54) is 0 Å². The molecule has 0 aromatic carbocycles. The molecule has 0 N–H and O–H groups in total. The molecule has 2 amide bonds. The van der Waals surface area contributed by atoms with Gasteiger partial charge >= 0.3 is 0 Å². The number of carbonyl (C=O) groups is 2. The Morgan fingerprint density at radius 3 is 2.77 bits per heavy atom. The van der Waals surface area contributed by atoms with Gasteiger partial charge in [0.25, 0.3) is 0 Å². The van der Waals surface area contributed by atoms with Gasteiger partial charge in [-0.1, -0.05) is 0 Å². The van der Waals surface area contributed by atoms with Crippen molar-refractivity contribution in [2.24, 2.45) is 5.41 Å². The number of likely N-dealkylation sites (tertiary alicyclic amines) is 2. The van der Waals surface area contributed by atoms with Crippen LogP contribution in [-0.4, -0.2) is 87.0 Å². The van der Waals surface area contributed by atoms with E-state index in [0.29, 0.717) is 26.1 Å². The number of ether oxygens (including phenoxy) is 1. The smallest absolute Gasteiger partial charge is 0.236 e. The van der Waals surface area contributed by atoms with Gasteiger partial charge in [-0.25, -0.2) is 0 Å². The highest BCUT2D eigenvalue weighted by molar-refractivity contribution is 5.78. The molecule has 0 unspecified atom stereocenters. The van der Waals surface area contributed by atoms with Crippen LogP contribution in [0.1, 0.15) is 25.7 Å². The highest BCUT2D eigenvalue weighted by atomic mass is 16.5. The average Bonchev–Trinajstić information content (AvgIpc) is 2.48. The number of hydrogen-bond donors (Lipinski definition) is 0. The summed E-state index contributed by atoms with van der Waals surface area (Å²) in [6, 6.07) is 0. The molecule has 0 radical (unpaired) electrons. The molecule has 1 atom stereocenters. The molecule has 1 spiro atoms. The Morgan fingerprint density at radius 1 is 1.32 bits per heavy atom. The maximum absolute atomic E-state index is 12.1. The zero-order valence-electron chi connectivity index (χ0n) is 14.1. The number of carbonyl (C=O) groups excluding carboxylic acids is 2. The first-order valence-corrected chi connectivity index (χ1v) is 8.15. The van der Waals surface area contributed by atoms with Crippen LogP contribution in [0.2, 0.25) is 0 Å². The van der Waals surface area contributed by atoms with E-state index in [0.717, 1.165) is 38.9 Å². The summed E-state index contributed by atoms with van der Waals surface area (Å²) >= 11 is 0. The lowest BCUT2D eigenvalue weighted by Crippen LogP contribution is -2.55. The van der Waals surface area contributed by atoms with Gasteiger partial charge in [0.15, 0.2) is 0 Å². The lowest BCUT2D eigenvalue weighted by Gasteiger charge is -2.48. The second-order valence-electron chi connectivity index (χ2n) is 6.91. The van der Waals surface area contributed by atoms with Crippen molar-refractivity contribution in [3.63, 3.8) is 0 Å². The summed E-state index contributed by atoms with van der Waals surface area (Å²) in [7, 11) is 5.26. The van der Waals surface area contributed by atoms with Crippen molar-refractivity contribution in [3.8, 4) is 0 Å². The molecule has 2 rings (SSSR count). The lowest BCUT2D eigenvalue weighted by atomic mass is 9.73. The minimum absolute atomic E-state index is 0.153. The lowest BCUT2D eigenvalue weighted by molar-refractivity contribution is -0.141. The van der Waals surface area contributed by atoms with E-state index in [1.54, 1.807) is 26.1 Å². The normalized spacial score (nSPS) is 26.5. The minimum Gasteiger partial charge on any atom is -0.383 e. The van der Waals surface area contributed by atoms with Crippen molar-refractivity contribution in [3.05, 3.63) is 0 Å². The molecule has 22 heavy (non-hydrogen) atoms. The van der Waals surface area contributed by atoms with E-state index in [1.807, 2.05) is 4.90 Å². The van der Waals surface area contributed by atoms with Crippen LogP contribution in [0.3, 0.4) is 0 Å². The van der Waals surface area contributed by atoms with Crippen LogP contribution in [0.15, 0.2) is 0 Å². The fourth-order valence-corrected chi connectivity index (χ4v) is 3.62. The first kappa shape index (κ1) is 17.2. The maximum Gasteiger partial charge on any atom is 0.236 e. The molecule has 0 saturated carbocycles. The number of nitrogens with zero attached hydrogens (tertiary/aromatic N) is 3. The van der Waals surface area contributed by atoms with E-state index in [-0.39, 0.29) is 17.2 Å². The summed E-state index contributed by atoms with van der Waals surface area (Å²) in [6.07, 6.45) is 3.82. The van der Waals surface area contributed by atoms with E-state index >= 15 is 0 Å². The third-order valence-corrected chi connectivity index (χ3v) is 4.91. The first-order valence-electron chi connectivity index (χ1n) is 8.15. The number of likely N-dealkylation sites (N-methyl/N-ethyl adjacent to an activating group) is 1. The van der Waals surface area contributed by atoms with Crippen molar-refractivity contribution < 1.29 is 14.3 Å². The topological polar surface area (TPSA) is 53.1 Å². The summed E-state index contributed by atoms with van der Waals surface area (Å²) in [4.78, 5) is 29.9. The molecule has 2 saturated heterocycles. The summed E-state index contributed by atoms with van der Waals surface area (Å²) in [5.41, 5.74) is 0.159. The van der Waals surface area contributed by atoms with Crippen molar-refractivity contribution >= 4 is 11.8 Å².